The minimum Gasteiger partial charge on any atom is -0.379 e. The molecule has 150 valence electrons. The topological polar surface area (TPSA) is 59.8 Å². The highest BCUT2D eigenvalue weighted by molar-refractivity contribution is 9.10. The first-order valence-corrected chi connectivity index (χ1v) is 9.36. The molecule has 0 saturated heterocycles. The Hall–Kier alpha value is -2.94. The lowest BCUT2D eigenvalue weighted by atomic mass is 10.1. The molecule has 5 nitrogen and oxygen atoms in total. The molecule has 1 aromatic heterocycles. The van der Waals surface area contributed by atoms with Crippen molar-refractivity contribution in [1.29, 1.82) is 0 Å². The normalized spacial score (nSPS) is 12.1. The van der Waals surface area contributed by atoms with Crippen molar-refractivity contribution < 1.29 is 18.0 Å². The number of aromatic nitrogens is 3. The van der Waals surface area contributed by atoms with E-state index >= 15 is 0 Å². The van der Waals surface area contributed by atoms with E-state index in [1.54, 1.807) is 35.1 Å². The maximum absolute atomic E-state index is 12.7. The second-order valence-corrected chi connectivity index (χ2v) is 7.09. The monoisotopic (exact) mass is 464 g/mol. The minimum atomic E-state index is -4.94. The number of hydrogen-bond donors (Lipinski definition) is 1. The maximum Gasteiger partial charge on any atom is 0.454 e. The molecule has 0 aliphatic rings. The molecule has 0 fully saturated rings. The lowest BCUT2D eigenvalue weighted by Crippen LogP contribution is -2.22. The molecule has 29 heavy (non-hydrogen) atoms. The van der Waals surface area contributed by atoms with Crippen LogP contribution in [0.4, 0.5) is 13.2 Å². The summed E-state index contributed by atoms with van der Waals surface area (Å²) in [4.78, 5) is 11.5. The van der Waals surface area contributed by atoms with Crippen molar-refractivity contribution in [2.24, 2.45) is 0 Å². The molecule has 0 amide bonds. The van der Waals surface area contributed by atoms with Crippen LogP contribution in [0, 0.1) is 0 Å². The number of benzene rings is 2. The maximum atomic E-state index is 12.7. The Morgan fingerprint density at radius 2 is 1.79 bits per heavy atom. The molecule has 0 aliphatic carbocycles. The highest BCUT2D eigenvalue weighted by atomic mass is 79.9. The third-order valence-electron chi connectivity index (χ3n) is 3.94. The van der Waals surface area contributed by atoms with Gasteiger partial charge in [-0.05, 0) is 23.3 Å². The summed E-state index contributed by atoms with van der Waals surface area (Å²) in [5, 5.41) is 10.9. The number of hydrogen-bond acceptors (Lipinski definition) is 4. The van der Waals surface area contributed by atoms with Crippen LogP contribution in [0.1, 0.15) is 16.8 Å². The summed E-state index contributed by atoms with van der Waals surface area (Å²) in [5.41, 5.74) is 2.08. The first-order valence-electron chi connectivity index (χ1n) is 8.57. The SMILES string of the molecule is O=C(/C=C(\NCc1cn(Cc2ccccc2)nn1)c1ccc(Br)cc1)C(F)(F)F. The summed E-state index contributed by atoms with van der Waals surface area (Å²) in [5.74, 6) is -1.93. The van der Waals surface area contributed by atoms with E-state index in [1.165, 1.54) is 0 Å². The zero-order valence-corrected chi connectivity index (χ0v) is 16.6. The van der Waals surface area contributed by atoms with Gasteiger partial charge in [0.05, 0.1) is 19.3 Å². The molecular weight excluding hydrogens is 449 g/mol. The van der Waals surface area contributed by atoms with Crippen molar-refractivity contribution in [3.05, 3.63) is 88.2 Å². The summed E-state index contributed by atoms with van der Waals surface area (Å²) in [6.07, 6.45) is -2.69. The molecule has 0 saturated carbocycles. The first-order chi connectivity index (χ1) is 13.8. The summed E-state index contributed by atoms with van der Waals surface area (Å²) in [6.45, 7) is 0.637. The smallest absolute Gasteiger partial charge is 0.379 e. The Kier molecular flexibility index (Phi) is 6.48. The van der Waals surface area contributed by atoms with Gasteiger partial charge in [-0.2, -0.15) is 13.2 Å². The third kappa shape index (κ3) is 6.02. The predicted octanol–water partition coefficient (Wildman–Crippen LogP) is 4.35. The number of nitrogens with zero attached hydrogens (tertiary/aromatic N) is 3. The summed E-state index contributed by atoms with van der Waals surface area (Å²) in [7, 11) is 0. The van der Waals surface area contributed by atoms with Crippen molar-refractivity contribution in [1.82, 2.24) is 20.3 Å². The van der Waals surface area contributed by atoms with Gasteiger partial charge in [0.25, 0.3) is 5.78 Å². The van der Waals surface area contributed by atoms with Crippen LogP contribution >= 0.6 is 15.9 Å². The van der Waals surface area contributed by atoms with Crippen LogP contribution in [0.5, 0.6) is 0 Å². The van der Waals surface area contributed by atoms with Gasteiger partial charge >= 0.3 is 6.18 Å². The van der Waals surface area contributed by atoms with Crippen molar-refractivity contribution in [3.63, 3.8) is 0 Å². The fourth-order valence-corrected chi connectivity index (χ4v) is 2.80. The summed E-state index contributed by atoms with van der Waals surface area (Å²) in [6, 6.07) is 16.2. The van der Waals surface area contributed by atoms with Gasteiger partial charge in [0.1, 0.15) is 5.69 Å². The van der Waals surface area contributed by atoms with E-state index < -0.39 is 12.0 Å². The number of allylic oxidation sites excluding steroid dienone is 1. The predicted molar refractivity (Wildman–Crippen MR) is 106 cm³/mol. The lowest BCUT2D eigenvalue weighted by molar-refractivity contribution is -0.165. The van der Waals surface area contributed by atoms with Gasteiger partial charge in [-0.25, -0.2) is 4.68 Å². The van der Waals surface area contributed by atoms with Gasteiger partial charge in [0.15, 0.2) is 0 Å². The number of carbonyl (C=O) groups is 1. The quantitative estimate of drug-likeness (QED) is 0.528. The number of halogens is 4. The molecule has 1 N–H and O–H groups in total. The Balaban J connectivity index is 1.74. The van der Waals surface area contributed by atoms with Crippen LogP contribution in [0.2, 0.25) is 0 Å². The molecule has 0 unspecified atom stereocenters. The van der Waals surface area contributed by atoms with E-state index in [2.05, 4.69) is 31.6 Å². The average molecular weight is 465 g/mol. The van der Waals surface area contributed by atoms with Crippen molar-refractivity contribution in [2.75, 3.05) is 0 Å². The number of rotatable bonds is 7. The van der Waals surface area contributed by atoms with Gasteiger partial charge in [0, 0.05) is 16.2 Å². The summed E-state index contributed by atoms with van der Waals surface area (Å²) < 4.78 is 40.5. The van der Waals surface area contributed by atoms with Gasteiger partial charge < -0.3 is 5.32 Å². The Bertz CT molecular complexity index is 999. The van der Waals surface area contributed by atoms with Crippen molar-refractivity contribution in [2.45, 2.75) is 19.3 Å². The van der Waals surface area contributed by atoms with E-state index in [1.807, 2.05) is 30.3 Å². The molecular formula is C20H16BrF3N4O. The van der Waals surface area contributed by atoms with E-state index in [0.717, 1.165) is 10.0 Å². The fraction of sp³-hybridized carbons (Fsp3) is 0.150. The van der Waals surface area contributed by atoms with Crippen LogP contribution in [0.15, 0.2) is 71.3 Å². The molecule has 3 aromatic rings. The summed E-state index contributed by atoms with van der Waals surface area (Å²) >= 11 is 3.27. The van der Waals surface area contributed by atoms with Crippen LogP contribution < -0.4 is 5.32 Å². The molecule has 9 heteroatoms. The van der Waals surface area contributed by atoms with Crippen molar-refractivity contribution >= 4 is 27.4 Å². The fourth-order valence-electron chi connectivity index (χ4n) is 2.53. The molecule has 0 atom stereocenters. The highest BCUT2D eigenvalue weighted by Gasteiger charge is 2.36. The second-order valence-electron chi connectivity index (χ2n) is 6.17. The largest absolute Gasteiger partial charge is 0.454 e. The average Bonchev–Trinajstić information content (AvgIpc) is 3.13. The van der Waals surface area contributed by atoms with E-state index in [9.17, 15) is 18.0 Å². The molecule has 2 aromatic carbocycles. The highest BCUT2D eigenvalue weighted by Crippen LogP contribution is 2.21. The zero-order valence-electron chi connectivity index (χ0n) is 15.0. The van der Waals surface area contributed by atoms with Gasteiger partial charge in [-0.15, -0.1) is 5.10 Å². The molecule has 0 aliphatic heterocycles. The van der Waals surface area contributed by atoms with E-state index in [-0.39, 0.29) is 12.2 Å². The van der Waals surface area contributed by atoms with Crippen LogP contribution in [0.3, 0.4) is 0 Å². The zero-order chi connectivity index (χ0) is 20.9. The number of nitrogens with one attached hydrogen (secondary N) is 1. The molecule has 0 bridgehead atoms. The molecule has 1 heterocycles. The first kappa shape index (κ1) is 20.8. The van der Waals surface area contributed by atoms with E-state index in [4.69, 9.17) is 0 Å². The Morgan fingerprint density at radius 3 is 2.45 bits per heavy atom. The van der Waals surface area contributed by atoms with Crippen molar-refractivity contribution in [3.8, 4) is 0 Å². The number of alkyl halides is 3. The van der Waals surface area contributed by atoms with Crippen LogP contribution in [0.25, 0.3) is 5.70 Å². The lowest BCUT2D eigenvalue weighted by Gasteiger charge is -2.11. The van der Waals surface area contributed by atoms with Gasteiger partial charge in [-0.1, -0.05) is 63.6 Å². The van der Waals surface area contributed by atoms with Crippen LogP contribution in [-0.2, 0) is 17.9 Å². The molecule has 0 radical (unpaired) electrons. The van der Waals surface area contributed by atoms with E-state index in [0.29, 0.717) is 23.9 Å². The number of ketones is 1. The van der Waals surface area contributed by atoms with Crippen LogP contribution in [-0.4, -0.2) is 27.0 Å². The second kappa shape index (κ2) is 9.04. The third-order valence-corrected chi connectivity index (χ3v) is 4.47. The van der Waals surface area contributed by atoms with Gasteiger partial charge in [-0.3, -0.25) is 4.79 Å². The molecule has 3 rings (SSSR count). The molecule has 0 spiro atoms. The Labute approximate surface area is 173 Å². The number of carbonyl (C=O) groups excluding carboxylic acids is 1. The Morgan fingerprint density at radius 1 is 1.10 bits per heavy atom. The standard InChI is InChI=1S/C20H16BrF3N4O/c21-16-8-6-15(7-9-16)18(10-19(29)20(22,23)24)25-11-17-13-28(27-26-17)12-14-4-2-1-3-5-14/h1-10,13,25H,11-12H2/b18-10-. The van der Waals surface area contributed by atoms with Gasteiger partial charge in [0.2, 0.25) is 0 Å². The minimum absolute atomic E-state index is 0.0532.